The largest absolute Gasteiger partial charge is 0.297 e. The third kappa shape index (κ3) is 3.65. The van der Waals surface area contributed by atoms with E-state index in [2.05, 4.69) is 23.7 Å². The number of rotatable bonds is 3. The molecule has 1 aromatic heterocycles. The zero-order valence-electron chi connectivity index (χ0n) is 16.0. The Hall–Kier alpha value is -1.46. The number of hydrogen-bond acceptors (Lipinski definition) is 4. The molecule has 1 amide bonds. The van der Waals surface area contributed by atoms with Crippen molar-refractivity contribution in [3.63, 3.8) is 0 Å². The fourth-order valence-electron chi connectivity index (χ4n) is 6.17. The molecule has 26 heavy (non-hydrogen) atoms. The first-order chi connectivity index (χ1) is 12.4. The maximum absolute atomic E-state index is 11.6. The third-order valence-corrected chi connectivity index (χ3v) is 6.80. The summed E-state index contributed by atoms with van der Waals surface area (Å²) in [6.07, 6.45) is 9.55. The first-order valence-corrected chi connectivity index (χ1v) is 10.1. The van der Waals surface area contributed by atoms with Gasteiger partial charge in [-0.2, -0.15) is 0 Å². The summed E-state index contributed by atoms with van der Waals surface area (Å²) < 4.78 is 0. The van der Waals surface area contributed by atoms with Crippen molar-refractivity contribution in [2.75, 3.05) is 13.1 Å². The van der Waals surface area contributed by atoms with E-state index in [4.69, 9.17) is 5.21 Å². The number of nitrogens with zero attached hydrogens (tertiary/aromatic N) is 2. The molecule has 142 valence electrons. The number of pyridine rings is 1. The molecule has 0 saturated heterocycles. The number of hydroxylamine groups is 1. The van der Waals surface area contributed by atoms with Gasteiger partial charge in [0, 0.05) is 25.8 Å². The molecule has 1 aromatic rings. The maximum Gasteiger partial charge on any atom is 0.276 e. The van der Waals surface area contributed by atoms with Crippen LogP contribution in [0.4, 0.5) is 0 Å². The Morgan fingerprint density at radius 2 is 2.08 bits per heavy atom. The summed E-state index contributed by atoms with van der Waals surface area (Å²) >= 11 is 0. The molecule has 2 aliphatic carbocycles. The van der Waals surface area contributed by atoms with Crippen LogP contribution in [-0.2, 0) is 13.0 Å². The summed E-state index contributed by atoms with van der Waals surface area (Å²) in [6, 6.07) is 1.87. The zero-order chi connectivity index (χ0) is 18.3. The van der Waals surface area contributed by atoms with E-state index in [1.165, 1.54) is 32.1 Å². The minimum absolute atomic E-state index is 0.431. The van der Waals surface area contributed by atoms with Gasteiger partial charge in [-0.15, -0.1) is 0 Å². The van der Waals surface area contributed by atoms with E-state index in [-0.39, 0.29) is 0 Å². The second-order valence-electron chi connectivity index (χ2n) is 9.49. The molecule has 2 bridgehead atoms. The summed E-state index contributed by atoms with van der Waals surface area (Å²) in [5.74, 6) is 2.28. The third-order valence-electron chi connectivity index (χ3n) is 6.80. The van der Waals surface area contributed by atoms with Crippen molar-refractivity contribution >= 4 is 5.91 Å². The molecule has 2 unspecified atom stereocenters. The van der Waals surface area contributed by atoms with E-state index in [0.717, 1.165) is 55.1 Å². The number of hydrogen-bond donors (Lipinski definition) is 2. The number of aromatic nitrogens is 1. The standard InChI is InChI=1S/C21H31N3O2/c1-14-5-15-7-16(6-14)10-21(2,9-15)13-24-4-3-17-8-18(20(25)23-26)11-22-19(17)12-24/h8,11,14-16,26H,3-7,9-10,12-13H2,1-2H3,(H,23,25). The van der Waals surface area contributed by atoms with Gasteiger partial charge in [0.25, 0.3) is 5.91 Å². The smallest absolute Gasteiger partial charge is 0.276 e. The molecule has 5 nitrogen and oxygen atoms in total. The summed E-state index contributed by atoms with van der Waals surface area (Å²) in [5.41, 5.74) is 4.78. The second kappa shape index (κ2) is 6.93. The van der Waals surface area contributed by atoms with Gasteiger partial charge >= 0.3 is 0 Å². The molecule has 0 aromatic carbocycles. The Morgan fingerprint density at radius 1 is 1.35 bits per heavy atom. The van der Waals surface area contributed by atoms with Crippen LogP contribution in [0.5, 0.6) is 0 Å². The van der Waals surface area contributed by atoms with Crippen LogP contribution in [0, 0.1) is 23.2 Å². The first kappa shape index (κ1) is 17.9. The fourth-order valence-corrected chi connectivity index (χ4v) is 6.17. The molecule has 3 aliphatic rings. The second-order valence-corrected chi connectivity index (χ2v) is 9.49. The molecule has 2 atom stereocenters. The number of carbonyl (C=O) groups is 1. The summed E-state index contributed by atoms with van der Waals surface area (Å²) in [5, 5.41) is 8.79. The summed E-state index contributed by atoms with van der Waals surface area (Å²) in [7, 11) is 0. The van der Waals surface area contributed by atoms with Crippen molar-refractivity contribution < 1.29 is 10.0 Å². The molecule has 0 spiro atoms. The average molecular weight is 357 g/mol. The van der Waals surface area contributed by atoms with Crippen molar-refractivity contribution in [3.05, 3.63) is 29.1 Å². The SMILES string of the molecule is CC1CC2CC(C1)CC(C)(CN1CCc3cc(C(=O)NO)cnc3C1)C2. The molecule has 2 heterocycles. The molecule has 5 heteroatoms. The van der Waals surface area contributed by atoms with Crippen LogP contribution in [0.15, 0.2) is 12.3 Å². The Balaban J connectivity index is 1.42. The van der Waals surface area contributed by atoms with E-state index < -0.39 is 5.91 Å². The van der Waals surface area contributed by atoms with Crippen molar-refractivity contribution in [3.8, 4) is 0 Å². The normalized spacial score (nSPS) is 34.2. The van der Waals surface area contributed by atoms with Gasteiger partial charge in [-0.1, -0.05) is 13.8 Å². The fraction of sp³-hybridized carbons (Fsp3) is 0.714. The van der Waals surface area contributed by atoms with Gasteiger partial charge < -0.3 is 0 Å². The summed E-state index contributed by atoms with van der Waals surface area (Å²) in [4.78, 5) is 18.6. The molecular weight excluding hydrogens is 326 g/mol. The molecular formula is C21H31N3O2. The predicted molar refractivity (Wildman–Crippen MR) is 99.8 cm³/mol. The van der Waals surface area contributed by atoms with Gasteiger partial charge in [0.2, 0.25) is 0 Å². The highest BCUT2D eigenvalue weighted by molar-refractivity contribution is 5.93. The molecule has 2 fully saturated rings. The van der Waals surface area contributed by atoms with E-state index in [9.17, 15) is 4.79 Å². The van der Waals surface area contributed by atoms with E-state index in [1.807, 2.05) is 6.07 Å². The Labute approximate surface area is 156 Å². The maximum atomic E-state index is 11.6. The predicted octanol–water partition coefficient (Wildman–Crippen LogP) is 3.41. The lowest BCUT2D eigenvalue weighted by Gasteiger charge is -2.49. The summed E-state index contributed by atoms with van der Waals surface area (Å²) in [6.45, 7) is 7.99. The number of amides is 1. The van der Waals surface area contributed by atoms with Gasteiger partial charge in [0.1, 0.15) is 0 Å². The van der Waals surface area contributed by atoms with E-state index in [1.54, 1.807) is 11.7 Å². The number of carbonyl (C=O) groups excluding carboxylic acids is 1. The van der Waals surface area contributed by atoms with Crippen LogP contribution < -0.4 is 5.48 Å². The van der Waals surface area contributed by atoms with Crippen molar-refractivity contribution in [2.45, 2.75) is 58.9 Å². The first-order valence-electron chi connectivity index (χ1n) is 10.1. The lowest BCUT2D eigenvalue weighted by Crippen LogP contribution is -2.45. The van der Waals surface area contributed by atoms with Crippen LogP contribution in [0.2, 0.25) is 0 Å². The van der Waals surface area contributed by atoms with Crippen LogP contribution in [0.25, 0.3) is 0 Å². The quantitative estimate of drug-likeness (QED) is 0.643. The van der Waals surface area contributed by atoms with Crippen LogP contribution in [0.1, 0.15) is 67.6 Å². The van der Waals surface area contributed by atoms with Crippen LogP contribution in [-0.4, -0.2) is 34.1 Å². The highest BCUT2D eigenvalue weighted by atomic mass is 16.5. The van der Waals surface area contributed by atoms with Crippen molar-refractivity contribution in [2.24, 2.45) is 23.2 Å². The minimum Gasteiger partial charge on any atom is -0.297 e. The van der Waals surface area contributed by atoms with Crippen LogP contribution >= 0.6 is 0 Å². The van der Waals surface area contributed by atoms with Gasteiger partial charge in [0.15, 0.2) is 0 Å². The van der Waals surface area contributed by atoms with Gasteiger partial charge in [-0.25, -0.2) is 5.48 Å². The Morgan fingerprint density at radius 3 is 2.77 bits per heavy atom. The molecule has 1 aliphatic heterocycles. The number of nitrogens with one attached hydrogen (secondary N) is 1. The highest BCUT2D eigenvalue weighted by Crippen LogP contribution is 2.50. The van der Waals surface area contributed by atoms with Gasteiger partial charge in [-0.05, 0) is 73.3 Å². The topological polar surface area (TPSA) is 65.5 Å². The molecule has 2 saturated carbocycles. The Kier molecular flexibility index (Phi) is 4.78. The molecule has 4 rings (SSSR count). The lowest BCUT2D eigenvalue weighted by molar-refractivity contribution is 0.0170. The van der Waals surface area contributed by atoms with Gasteiger partial charge in [-0.3, -0.25) is 19.9 Å². The van der Waals surface area contributed by atoms with Crippen molar-refractivity contribution in [1.82, 2.24) is 15.4 Å². The monoisotopic (exact) mass is 357 g/mol. The Bertz CT molecular complexity index is 672. The minimum atomic E-state index is -0.488. The van der Waals surface area contributed by atoms with Gasteiger partial charge in [0.05, 0.1) is 11.3 Å². The highest BCUT2D eigenvalue weighted by Gasteiger charge is 2.41. The molecule has 0 radical (unpaired) electrons. The van der Waals surface area contributed by atoms with E-state index in [0.29, 0.717) is 11.0 Å². The molecule has 2 N–H and O–H groups in total. The lowest BCUT2D eigenvalue weighted by atomic mass is 9.59. The number of fused-ring (bicyclic) bond motifs is 3. The zero-order valence-corrected chi connectivity index (χ0v) is 16.0. The average Bonchev–Trinajstić information content (AvgIpc) is 2.59. The van der Waals surface area contributed by atoms with Crippen LogP contribution in [0.3, 0.4) is 0 Å². The van der Waals surface area contributed by atoms with Crippen molar-refractivity contribution in [1.29, 1.82) is 0 Å². The van der Waals surface area contributed by atoms with E-state index >= 15 is 0 Å².